The van der Waals surface area contributed by atoms with Crippen molar-refractivity contribution in [2.24, 2.45) is 0 Å². The van der Waals surface area contributed by atoms with Crippen molar-refractivity contribution in [2.75, 3.05) is 0 Å². The first-order chi connectivity index (χ1) is 11.8. The molecule has 0 unspecified atom stereocenters. The number of carbonyl (C=O) groups is 1. The number of rotatable bonds is 4. The van der Waals surface area contributed by atoms with Gasteiger partial charge in [-0.2, -0.15) is 13.2 Å². The van der Waals surface area contributed by atoms with Crippen molar-refractivity contribution in [1.29, 1.82) is 0 Å². The molecule has 2 N–H and O–H groups in total. The van der Waals surface area contributed by atoms with Crippen LogP contribution in [-0.2, 0) is 23.0 Å². The molecular weight excluding hydrogens is 337 g/mol. The Balaban J connectivity index is 1.96. The number of aliphatic hydroxyl groups excluding tert-OH is 1. The summed E-state index contributed by atoms with van der Waals surface area (Å²) in [5, 5.41) is 18.8. The summed E-state index contributed by atoms with van der Waals surface area (Å²) < 4.78 is 38.3. The van der Waals surface area contributed by atoms with Gasteiger partial charge in [0.25, 0.3) is 0 Å². The van der Waals surface area contributed by atoms with E-state index in [1.807, 2.05) is 0 Å². The molecule has 1 heterocycles. The van der Waals surface area contributed by atoms with Crippen LogP contribution in [0.3, 0.4) is 0 Å². The number of nitrogens with zero attached hydrogens (tertiary/aromatic N) is 2. The summed E-state index contributed by atoms with van der Waals surface area (Å²) in [7, 11) is 0. The number of aliphatic hydroxyl groups is 1. The molecule has 2 aromatic rings. The summed E-state index contributed by atoms with van der Waals surface area (Å²) in [4.78, 5) is 19.8. The third-order valence-corrected chi connectivity index (χ3v) is 4.64. The Labute approximate surface area is 141 Å². The number of aromatic nitrogens is 2. The number of hydrogen-bond acceptors (Lipinski definition) is 4. The Morgan fingerprint density at radius 3 is 2.36 bits per heavy atom. The van der Waals surface area contributed by atoms with Crippen LogP contribution in [0.25, 0.3) is 11.3 Å². The smallest absolute Gasteiger partial charge is 0.416 e. The first-order valence-corrected chi connectivity index (χ1v) is 7.65. The maximum Gasteiger partial charge on any atom is 0.416 e. The molecule has 0 saturated heterocycles. The van der Waals surface area contributed by atoms with Crippen LogP contribution in [0.5, 0.6) is 0 Å². The van der Waals surface area contributed by atoms with Crippen molar-refractivity contribution >= 4 is 5.97 Å². The lowest BCUT2D eigenvalue weighted by atomic mass is 9.67. The fraction of sp³-hybridized carbons (Fsp3) is 0.353. The molecule has 1 aliphatic carbocycles. The molecular formula is C17H15F3N2O3. The van der Waals surface area contributed by atoms with Crippen LogP contribution in [-0.4, -0.2) is 26.2 Å². The van der Waals surface area contributed by atoms with E-state index in [4.69, 9.17) is 0 Å². The Morgan fingerprint density at radius 2 is 1.92 bits per heavy atom. The van der Waals surface area contributed by atoms with Crippen LogP contribution >= 0.6 is 0 Å². The molecule has 1 aromatic heterocycles. The van der Waals surface area contributed by atoms with Crippen LogP contribution in [0.1, 0.15) is 36.1 Å². The van der Waals surface area contributed by atoms with Crippen molar-refractivity contribution in [1.82, 2.24) is 9.97 Å². The third-order valence-electron chi connectivity index (χ3n) is 4.64. The van der Waals surface area contributed by atoms with Gasteiger partial charge in [0.15, 0.2) is 0 Å². The molecule has 1 fully saturated rings. The lowest BCUT2D eigenvalue weighted by Gasteiger charge is -2.36. The molecule has 8 heteroatoms. The predicted octanol–water partition coefficient (Wildman–Crippen LogP) is 3.16. The van der Waals surface area contributed by atoms with E-state index < -0.39 is 29.7 Å². The van der Waals surface area contributed by atoms with E-state index in [9.17, 15) is 28.2 Å². The molecule has 5 nitrogen and oxygen atoms in total. The zero-order valence-corrected chi connectivity index (χ0v) is 13.0. The molecule has 1 aromatic carbocycles. The van der Waals surface area contributed by atoms with Crippen molar-refractivity contribution in [3.63, 3.8) is 0 Å². The summed E-state index contributed by atoms with van der Waals surface area (Å²) in [6, 6.07) is 3.01. The average molecular weight is 352 g/mol. The van der Waals surface area contributed by atoms with Crippen molar-refractivity contribution in [3.8, 4) is 11.3 Å². The number of benzene rings is 1. The first kappa shape index (κ1) is 17.3. The van der Waals surface area contributed by atoms with Crippen LogP contribution in [0, 0.1) is 0 Å². The number of hydrogen-bond donors (Lipinski definition) is 2. The van der Waals surface area contributed by atoms with Gasteiger partial charge in [0.05, 0.1) is 36.0 Å². The monoisotopic (exact) mass is 352 g/mol. The van der Waals surface area contributed by atoms with E-state index in [0.29, 0.717) is 24.1 Å². The molecule has 0 aliphatic heterocycles. The molecule has 25 heavy (non-hydrogen) atoms. The van der Waals surface area contributed by atoms with Crippen molar-refractivity contribution < 1.29 is 28.2 Å². The molecule has 0 bridgehead atoms. The lowest BCUT2D eigenvalue weighted by Crippen LogP contribution is -2.43. The molecule has 0 atom stereocenters. The minimum absolute atomic E-state index is 0.0773. The Morgan fingerprint density at radius 1 is 1.20 bits per heavy atom. The Kier molecular flexibility index (Phi) is 4.24. The number of halogens is 3. The topological polar surface area (TPSA) is 83.3 Å². The van der Waals surface area contributed by atoms with Crippen LogP contribution in [0.4, 0.5) is 13.2 Å². The van der Waals surface area contributed by atoms with Gasteiger partial charge in [0.1, 0.15) is 5.41 Å². The van der Waals surface area contributed by atoms with Crippen LogP contribution < -0.4 is 0 Å². The normalized spacial score (nSPS) is 16.3. The molecule has 0 amide bonds. The highest BCUT2D eigenvalue weighted by Gasteiger charge is 2.47. The van der Waals surface area contributed by atoms with Gasteiger partial charge in [0.2, 0.25) is 0 Å². The standard InChI is InChI=1S/C17H15F3N2O3/c18-17(19,20)11-2-3-12(10(6-11)9-23)13-7-22-14(8-21-13)16(15(24)25)4-1-5-16/h2-3,6-8,23H,1,4-5,9H2,(H,24,25). The van der Waals surface area contributed by atoms with Gasteiger partial charge >= 0.3 is 12.1 Å². The number of aliphatic carboxylic acids is 1. The minimum Gasteiger partial charge on any atom is -0.481 e. The van der Waals surface area contributed by atoms with Gasteiger partial charge in [-0.05, 0) is 30.5 Å². The fourth-order valence-electron chi connectivity index (χ4n) is 2.97. The highest BCUT2D eigenvalue weighted by molar-refractivity contribution is 5.81. The average Bonchev–Trinajstić information content (AvgIpc) is 2.52. The largest absolute Gasteiger partial charge is 0.481 e. The predicted molar refractivity (Wildman–Crippen MR) is 81.6 cm³/mol. The quantitative estimate of drug-likeness (QED) is 0.883. The summed E-state index contributed by atoms with van der Waals surface area (Å²) in [5.41, 5.74) is -0.857. The van der Waals surface area contributed by atoms with E-state index in [1.165, 1.54) is 18.5 Å². The van der Waals surface area contributed by atoms with Crippen molar-refractivity contribution in [3.05, 3.63) is 47.4 Å². The van der Waals surface area contributed by atoms with Crippen LogP contribution in [0.15, 0.2) is 30.6 Å². The molecule has 0 radical (unpaired) electrons. The Bertz CT molecular complexity index is 800. The molecule has 1 aliphatic rings. The highest BCUT2D eigenvalue weighted by Crippen LogP contribution is 2.43. The second kappa shape index (κ2) is 6.11. The van der Waals surface area contributed by atoms with Gasteiger partial charge in [-0.15, -0.1) is 0 Å². The zero-order valence-electron chi connectivity index (χ0n) is 13.0. The van der Waals surface area contributed by atoms with E-state index in [2.05, 4.69) is 9.97 Å². The summed E-state index contributed by atoms with van der Waals surface area (Å²) in [6.07, 6.45) is -0.0576. The number of alkyl halides is 3. The SMILES string of the molecule is O=C(O)C1(c2cnc(-c3ccc(C(F)(F)F)cc3CO)cn2)CCC1. The second-order valence-corrected chi connectivity index (χ2v) is 6.06. The van der Waals surface area contributed by atoms with Crippen molar-refractivity contribution in [2.45, 2.75) is 37.5 Å². The molecule has 1 saturated carbocycles. The van der Waals surface area contributed by atoms with E-state index >= 15 is 0 Å². The summed E-state index contributed by atoms with van der Waals surface area (Å²) >= 11 is 0. The Hall–Kier alpha value is -2.48. The van der Waals surface area contributed by atoms with E-state index in [-0.39, 0.29) is 11.3 Å². The zero-order chi connectivity index (χ0) is 18.2. The maximum atomic E-state index is 12.8. The summed E-state index contributed by atoms with van der Waals surface area (Å²) in [5.74, 6) is -0.952. The van der Waals surface area contributed by atoms with Crippen LogP contribution in [0.2, 0.25) is 0 Å². The number of carboxylic acid groups (broad SMARTS) is 1. The van der Waals surface area contributed by atoms with Gasteiger partial charge < -0.3 is 10.2 Å². The number of carboxylic acids is 1. The minimum atomic E-state index is -4.50. The summed E-state index contributed by atoms with van der Waals surface area (Å²) in [6.45, 7) is -0.582. The van der Waals surface area contributed by atoms with Gasteiger partial charge in [-0.3, -0.25) is 14.8 Å². The lowest BCUT2D eigenvalue weighted by molar-refractivity contribution is -0.147. The second-order valence-electron chi connectivity index (χ2n) is 6.06. The van der Waals surface area contributed by atoms with E-state index in [1.54, 1.807) is 0 Å². The van der Waals surface area contributed by atoms with Gasteiger partial charge in [-0.25, -0.2) is 0 Å². The van der Waals surface area contributed by atoms with Gasteiger partial charge in [-0.1, -0.05) is 12.5 Å². The molecule has 0 spiro atoms. The molecule has 132 valence electrons. The molecule has 3 rings (SSSR count). The van der Waals surface area contributed by atoms with E-state index in [0.717, 1.165) is 18.6 Å². The third kappa shape index (κ3) is 2.97. The first-order valence-electron chi connectivity index (χ1n) is 7.65. The maximum absolute atomic E-state index is 12.8. The fourth-order valence-corrected chi connectivity index (χ4v) is 2.97. The highest BCUT2D eigenvalue weighted by atomic mass is 19.4. The van der Waals surface area contributed by atoms with Gasteiger partial charge in [0, 0.05) is 5.56 Å².